The lowest BCUT2D eigenvalue weighted by Gasteiger charge is -2.42. The van der Waals surface area contributed by atoms with Crippen molar-refractivity contribution in [2.24, 2.45) is 11.7 Å². The van der Waals surface area contributed by atoms with Gasteiger partial charge in [-0.15, -0.1) is 0 Å². The second-order valence-corrected chi connectivity index (χ2v) is 6.70. The monoisotopic (exact) mass is 288 g/mol. The van der Waals surface area contributed by atoms with Crippen molar-refractivity contribution in [3.8, 4) is 0 Å². The lowest BCUT2D eigenvalue weighted by molar-refractivity contribution is -0.135. The summed E-state index contributed by atoms with van der Waals surface area (Å²) >= 11 is 0. The topological polar surface area (TPSA) is 46.3 Å². The van der Waals surface area contributed by atoms with Crippen LogP contribution >= 0.6 is 0 Å². The summed E-state index contributed by atoms with van der Waals surface area (Å²) in [6.07, 6.45) is 3.11. The van der Waals surface area contributed by atoms with Crippen LogP contribution in [0.2, 0.25) is 0 Å². The number of carbonyl (C=O) groups excluding carboxylic acids is 1. The highest BCUT2D eigenvalue weighted by Gasteiger charge is 2.36. The molecule has 0 radical (unpaired) electrons. The average Bonchev–Trinajstić information content (AvgIpc) is 2.53. The van der Waals surface area contributed by atoms with E-state index in [0.717, 1.165) is 32.4 Å². The lowest BCUT2D eigenvalue weighted by Crippen LogP contribution is -2.53. The predicted molar refractivity (Wildman–Crippen MR) is 87.0 cm³/mol. The molecule has 2 rings (SSSR count). The number of amides is 1. The van der Waals surface area contributed by atoms with Crippen molar-refractivity contribution < 1.29 is 4.79 Å². The first kappa shape index (κ1) is 16.0. The molecule has 21 heavy (non-hydrogen) atoms. The Morgan fingerprint density at radius 2 is 2.05 bits per heavy atom. The minimum atomic E-state index is -0.367. The number of piperidine rings is 1. The molecule has 1 saturated heterocycles. The van der Waals surface area contributed by atoms with E-state index in [1.54, 1.807) is 0 Å². The lowest BCUT2D eigenvalue weighted by atomic mass is 9.75. The van der Waals surface area contributed by atoms with Crippen molar-refractivity contribution in [1.29, 1.82) is 0 Å². The summed E-state index contributed by atoms with van der Waals surface area (Å²) in [5.74, 6) is 0.355. The van der Waals surface area contributed by atoms with Gasteiger partial charge in [-0.1, -0.05) is 57.5 Å². The van der Waals surface area contributed by atoms with Crippen LogP contribution in [-0.2, 0) is 10.2 Å². The van der Waals surface area contributed by atoms with Gasteiger partial charge in [0.25, 0.3) is 0 Å². The summed E-state index contributed by atoms with van der Waals surface area (Å²) in [5, 5.41) is 0. The first-order valence-corrected chi connectivity index (χ1v) is 8.08. The van der Waals surface area contributed by atoms with Gasteiger partial charge >= 0.3 is 0 Å². The van der Waals surface area contributed by atoms with Crippen molar-refractivity contribution in [2.75, 3.05) is 13.1 Å². The van der Waals surface area contributed by atoms with Gasteiger partial charge in [-0.05, 0) is 24.3 Å². The Kier molecular flexibility index (Phi) is 5.04. The van der Waals surface area contributed by atoms with Crippen LogP contribution in [0, 0.1) is 5.92 Å². The largest absolute Gasteiger partial charge is 0.340 e. The maximum absolute atomic E-state index is 12.6. The number of carbonyl (C=O) groups is 1. The van der Waals surface area contributed by atoms with E-state index in [1.165, 1.54) is 5.56 Å². The van der Waals surface area contributed by atoms with Gasteiger partial charge in [0.15, 0.2) is 0 Å². The molecule has 1 aliphatic heterocycles. The summed E-state index contributed by atoms with van der Waals surface area (Å²) < 4.78 is 0. The van der Waals surface area contributed by atoms with Crippen LogP contribution in [0.3, 0.4) is 0 Å². The van der Waals surface area contributed by atoms with Crippen molar-refractivity contribution in [3.05, 3.63) is 35.9 Å². The van der Waals surface area contributed by atoms with Crippen molar-refractivity contribution in [2.45, 2.75) is 51.5 Å². The molecule has 2 N–H and O–H groups in total. The van der Waals surface area contributed by atoms with E-state index in [1.807, 2.05) is 11.0 Å². The Labute approximate surface area is 128 Å². The third kappa shape index (κ3) is 3.46. The second-order valence-electron chi connectivity index (χ2n) is 6.70. The van der Waals surface area contributed by atoms with E-state index in [9.17, 15) is 4.79 Å². The highest BCUT2D eigenvalue weighted by atomic mass is 16.2. The average molecular weight is 288 g/mol. The highest BCUT2D eigenvalue weighted by molar-refractivity contribution is 5.82. The summed E-state index contributed by atoms with van der Waals surface area (Å²) in [6.45, 7) is 8.02. The van der Waals surface area contributed by atoms with E-state index in [-0.39, 0.29) is 23.3 Å². The van der Waals surface area contributed by atoms with E-state index in [2.05, 4.69) is 45.0 Å². The number of likely N-dealkylation sites (tertiary alicyclic amines) is 1. The second kappa shape index (κ2) is 6.61. The molecule has 3 unspecified atom stereocenters. The number of nitrogens with two attached hydrogens (primary N) is 1. The molecule has 1 fully saturated rings. The van der Waals surface area contributed by atoms with Gasteiger partial charge in [0.2, 0.25) is 5.91 Å². The molecule has 3 heteroatoms. The van der Waals surface area contributed by atoms with Crippen molar-refractivity contribution >= 4 is 5.91 Å². The Morgan fingerprint density at radius 3 is 2.67 bits per heavy atom. The molecule has 0 bridgehead atoms. The molecule has 1 heterocycles. The fourth-order valence-corrected chi connectivity index (χ4v) is 3.21. The Balaban J connectivity index is 2.12. The molecule has 0 aliphatic carbocycles. The zero-order valence-electron chi connectivity index (χ0n) is 13.5. The van der Waals surface area contributed by atoms with E-state index in [4.69, 9.17) is 5.73 Å². The van der Waals surface area contributed by atoms with Crippen LogP contribution < -0.4 is 5.73 Å². The third-order valence-corrected chi connectivity index (χ3v) is 5.02. The standard InChI is InChI=1S/C18H28N2O/c1-4-14(2)16(19)17(21)20-12-8-11-18(3,13-20)15-9-6-5-7-10-15/h5-7,9-10,14,16H,4,8,11-13,19H2,1-3H3. The van der Waals surface area contributed by atoms with Crippen LogP contribution in [0.25, 0.3) is 0 Å². The zero-order valence-corrected chi connectivity index (χ0v) is 13.5. The van der Waals surface area contributed by atoms with Gasteiger partial charge in [0.05, 0.1) is 6.04 Å². The van der Waals surface area contributed by atoms with E-state index < -0.39 is 0 Å². The van der Waals surface area contributed by atoms with Crippen LogP contribution in [-0.4, -0.2) is 29.9 Å². The van der Waals surface area contributed by atoms with Gasteiger partial charge in [-0.3, -0.25) is 4.79 Å². The number of rotatable bonds is 4. The zero-order chi connectivity index (χ0) is 15.5. The Hall–Kier alpha value is -1.35. The quantitative estimate of drug-likeness (QED) is 0.926. The molecule has 0 spiro atoms. The van der Waals surface area contributed by atoms with Gasteiger partial charge < -0.3 is 10.6 Å². The highest BCUT2D eigenvalue weighted by Crippen LogP contribution is 2.33. The normalized spacial score (nSPS) is 25.4. The van der Waals surface area contributed by atoms with Gasteiger partial charge in [0, 0.05) is 18.5 Å². The Morgan fingerprint density at radius 1 is 1.38 bits per heavy atom. The summed E-state index contributed by atoms with van der Waals surface area (Å²) in [5.41, 5.74) is 7.50. The number of nitrogens with zero attached hydrogens (tertiary/aromatic N) is 1. The van der Waals surface area contributed by atoms with Gasteiger partial charge in [-0.2, -0.15) is 0 Å². The molecule has 1 aromatic rings. The molecule has 0 aromatic heterocycles. The molecule has 0 saturated carbocycles. The smallest absolute Gasteiger partial charge is 0.239 e. The third-order valence-electron chi connectivity index (χ3n) is 5.02. The summed E-state index contributed by atoms with van der Waals surface area (Å²) in [6, 6.07) is 10.2. The molecule has 1 aliphatic rings. The van der Waals surface area contributed by atoms with E-state index in [0.29, 0.717) is 0 Å². The number of hydrogen-bond donors (Lipinski definition) is 1. The predicted octanol–water partition coefficient (Wildman–Crippen LogP) is 2.94. The van der Waals surface area contributed by atoms with Crippen LogP contribution in [0.4, 0.5) is 0 Å². The first-order valence-electron chi connectivity index (χ1n) is 8.08. The summed E-state index contributed by atoms with van der Waals surface area (Å²) in [4.78, 5) is 14.6. The molecule has 3 nitrogen and oxygen atoms in total. The molecule has 116 valence electrons. The minimum absolute atomic E-state index is 0.0460. The molecule has 1 amide bonds. The van der Waals surface area contributed by atoms with Gasteiger partial charge in [0.1, 0.15) is 0 Å². The van der Waals surface area contributed by atoms with Gasteiger partial charge in [-0.25, -0.2) is 0 Å². The SMILES string of the molecule is CCC(C)C(N)C(=O)N1CCCC(C)(c2ccccc2)C1. The summed E-state index contributed by atoms with van der Waals surface area (Å²) in [7, 11) is 0. The number of hydrogen-bond acceptors (Lipinski definition) is 2. The fourth-order valence-electron chi connectivity index (χ4n) is 3.21. The maximum Gasteiger partial charge on any atom is 0.239 e. The molecule has 1 aromatic carbocycles. The first-order chi connectivity index (χ1) is 9.98. The molecule has 3 atom stereocenters. The minimum Gasteiger partial charge on any atom is -0.340 e. The maximum atomic E-state index is 12.6. The van der Waals surface area contributed by atoms with E-state index >= 15 is 0 Å². The molecular weight excluding hydrogens is 260 g/mol. The van der Waals surface area contributed by atoms with Crippen molar-refractivity contribution in [3.63, 3.8) is 0 Å². The Bertz CT molecular complexity index is 473. The number of benzene rings is 1. The molecular formula is C18H28N2O. The van der Waals surface area contributed by atoms with Crippen molar-refractivity contribution in [1.82, 2.24) is 4.90 Å². The van der Waals surface area contributed by atoms with Crippen LogP contribution in [0.1, 0.15) is 45.6 Å². The fraction of sp³-hybridized carbons (Fsp3) is 0.611. The van der Waals surface area contributed by atoms with Crippen LogP contribution in [0.5, 0.6) is 0 Å². The van der Waals surface area contributed by atoms with Crippen LogP contribution in [0.15, 0.2) is 30.3 Å².